The Morgan fingerprint density at radius 2 is 1.06 bits per heavy atom. The summed E-state index contributed by atoms with van der Waals surface area (Å²) < 4.78 is 53.0. The third-order valence-corrected chi connectivity index (χ3v) is 23.5. The van der Waals surface area contributed by atoms with E-state index in [0.29, 0.717) is 65.8 Å². The zero-order valence-electron chi connectivity index (χ0n) is 57.6. The first-order valence-corrected chi connectivity index (χ1v) is 35.1. The molecule has 0 amide bonds. The van der Waals surface area contributed by atoms with Gasteiger partial charge in [0.15, 0.2) is 0 Å². The minimum absolute atomic E-state index is 0.0646. The second-order valence-electron chi connectivity index (χ2n) is 31.0. The second-order valence-corrected chi connectivity index (χ2v) is 31.0. The molecule has 4 saturated heterocycles. The highest BCUT2D eigenvalue weighted by Gasteiger charge is 2.64. The van der Waals surface area contributed by atoms with E-state index in [1.807, 2.05) is 0 Å². The third-order valence-electron chi connectivity index (χ3n) is 23.5. The Kier molecular flexibility index (Phi) is 23.0. The van der Waals surface area contributed by atoms with Gasteiger partial charge in [-0.25, -0.2) is 28.8 Å². The molecule has 0 aromatic carbocycles. The molecule has 4 aliphatic heterocycles. The molecule has 12 aliphatic carbocycles. The fraction of sp³-hybridized carbons (Fsp3) is 0.733. The summed E-state index contributed by atoms with van der Waals surface area (Å²) in [5, 5.41) is 0. The highest BCUT2D eigenvalue weighted by atomic mass is 16.6. The third kappa shape index (κ3) is 16.2. The quantitative estimate of drug-likeness (QED) is 0.0503. The van der Waals surface area contributed by atoms with Crippen LogP contribution in [0.5, 0.6) is 0 Å². The molecule has 14 bridgehead atoms. The molecule has 16 aliphatic rings. The van der Waals surface area contributed by atoms with Crippen molar-refractivity contribution in [1.29, 1.82) is 0 Å². The van der Waals surface area contributed by atoms with Crippen LogP contribution in [0.1, 0.15) is 197 Å². The van der Waals surface area contributed by atoms with E-state index in [1.54, 1.807) is 20.8 Å². The van der Waals surface area contributed by atoms with Crippen LogP contribution in [0.4, 0.5) is 0 Å². The highest BCUT2D eigenvalue weighted by molar-refractivity contribution is 5.90. The lowest BCUT2D eigenvalue weighted by Crippen LogP contribution is -2.62. The molecule has 0 aromatic rings. The first-order valence-electron chi connectivity index (χ1n) is 35.1. The number of hydrogen-bond acceptors (Lipinski definition) is 20. The average molecular weight is 1330 g/mol. The summed E-state index contributed by atoms with van der Waals surface area (Å²) in [4.78, 5) is 116. The van der Waals surface area contributed by atoms with Crippen molar-refractivity contribution < 1.29 is 95.3 Å². The van der Waals surface area contributed by atoms with E-state index in [1.165, 1.54) is 84.5 Å². The number of rotatable bonds is 19. The number of hydrogen-bond donors (Lipinski definition) is 0. The summed E-state index contributed by atoms with van der Waals surface area (Å²) >= 11 is 0. The van der Waals surface area contributed by atoms with E-state index in [2.05, 4.69) is 65.3 Å². The predicted octanol–water partition coefficient (Wildman–Crippen LogP) is 11.6. The SMILES string of the molecule is C=C(C)C(=O)OC(C)(CC)C12CC3CC(CC(C3)C1)C2.C=C(C)C(=O)OC1(C(C)C)C2CC3CC(C2)CC1C3.C=C(C)C(=O)OC1C2CC3C(=O)OC1C3C2.C=C(C)C(=O)OC1CCOC1=O.C=C(C)C(=O)OCCOC(=O)CCC(=O)OC1C2CC3CC(C2)C(=O)OC1C3. The molecule has 16 fully saturated rings. The van der Waals surface area contributed by atoms with E-state index >= 15 is 0 Å². The summed E-state index contributed by atoms with van der Waals surface area (Å²) in [5.41, 5.74) is 1.73. The molecule has 95 heavy (non-hydrogen) atoms. The van der Waals surface area contributed by atoms with Crippen LogP contribution >= 0.6 is 0 Å². The van der Waals surface area contributed by atoms with Crippen LogP contribution in [0.15, 0.2) is 60.8 Å². The van der Waals surface area contributed by atoms with Gasteiger partial charge < -0.3 is 47.4 Å². The monoisotopic (exact) mass is 1320 g/mol. The van der Waals surface area contributed by atoms with Gasteiger partial charge in [-0.2, -0.15) is 0 Å². The molecule has 12 unspecified atom stereocenters. The maximum Gasteiger partial charge on any atom is 0.347 e. The molecule has 4 heterocycles. The van der Waals surface area contributed by atoms with Crippen LogP contribution in [-0.4, -0.2) is 121 Å². The first kappa shape index (κ1) is 72.7. The standard InChI is InChI=1S/C20H26O8.C18H28O2.C17H26O2.C12H14O4.C8H10O4/c1-11(2)19(23)26-6-5-25-16(21)3-4-17(22)28-18-13-7-12-8-14(10-13)20(24)27-15(18)9-12;1-5-17(4,20-16(19)12(2)3)18-9-13-6-14(10-18)8-15(7-13)11-18;1-10(2)16(18)19-17(11(3)4)14-6-12-5-13(8-14)9-15(17)7-12;1-5(2)11(13)15-9-6-3-7-8(4-6)12(14)16-10(7)9;1-5(2)7(9)12-6-3-4-11-8(6)10/h12-15,18H,1,3-10H2,2H3;13-15H,2,5-11H2,1,3-4H3;11-15H,1,5-9H2,2-4H3;6-10H,1,3-4H2,2H3;6H,1,3-4H2,2H3. The van der Waals surface area contributed by atoms with Crippen molar-refractivity contribution in [3.8, 4) is 0 Å². The van der Waals surface area contributed by atoms with Crippen LogP contribution in [0.2, 0.25) is 0 Å². The molecule has 12 atom stereocenters. The van der Waals surface area contributed by atoms with Crippen LogP contribution in [0.3, 0.4) is 0 Å². The van der Waals surface area contributed by atoms with Crippen LogP contribution in [0, 0.1) is 88.3 Å². The van der Waals surface area contributed by atoms with E-state index in [4.69, 9.17) is 42.6 Å². The summed E-state index contributed by atoms with van der Waals surface area (Å²) in [6, 6.07) is 0. The topological polar surface area (TPSA) is 263 Å². The molecular formula is C75H104O20. The van der Waals surface area contributed by atoms with Gasteiger partial charge in [0, 0.05) is 57.5 Å². The van der Waals surface area contributed by atoms with Gasteiger partial charge in [-0.15, -0.1) is 0 Å². The Morgan fingerprint density at radius 1 is 0.537 bits per heavy atom. The summed E-state index contributed by atoms with van der Waals surface area (Å²) in [6.07, 6.45) is 18.8. The lowest BCUT2D eigenvalue weighted by atomic mass is 9.45. The van der Waals surface area contributed by atoms with Gasteiger partial charge in [0.05, 0.1) is 31.3 Å². The largest absolute Gasteiger partial charge is 0.463 e. The Bertz CT molecular complexity index is 2980. The average Bonchev–Trinajstić information content (AvgIpc) is 1.54. The number of carbonyl (C=O) groups is 10. The smallest absolute Gasteiger partial charge is 0.347 e. The maximum atomic E-state index is 12.2. The summed E-state index contributed by atoms with van der Waals surface area (Å²) in [6.45, 7) is 35.1. The van der Waals surface area contributed by atoms with Gasteiger partial charge in [-0.3, -0.25) is 19.2 Å². The lowest BCUT2D eigenvalue weighted by molar-refractivity contribution is -0.221. The number of esters is 10. The molecule has 0 radical (unpaired) electrons. The van der Waals surface area contributed by atoms with Crippen molar-refractivity contribution in [2.24, 2.45) is 88.3 Å². The number of fused-ring (bicyclic) bond motifs is 2. The summed E-state index contributed by atoms with van der Waals surface area (Å²) in [5.74, 6) is 3.55. The molecule has 20 heteroatoms. The van der Waals surface area contributed by atoms with E-state index < -0.39 is 42.1 Å². The van der Waals surface area contributed by atoms with Gasteiger partial charge in [0.1, 0.15) is 48.8 Å². The highest BCUT2D eigenvalue weighted by Crippen LogP contribution is 2.66. The number of carbonyl (C=O) groups excluding carboxylic acids is 10. The second kappa shape index (κ2) is 30.0. The van der Waals surface area contributed by atoms with Crippen molar-refractivity contribution in [1.82, 2.24) is 0 Å². The zero-order valence-corrected chi connectivity index (χ0v) is 57.6. The lowest BCUT2D eigenvalue weighted by Gasteiger charge is -2.62. The van der Waals surface area contributed by atoms with Gasteiger partial charge in [-0.05, 0) is 210 Å². The maximum absolute atomic E-state index is 12.2. The zero-order chi connectivity index (χ0) is 69.2. The fourth-order valence-corrected chi connectivity index (χ4v) is 19.4. The summed E-state index contributed by atoms with van der Waals surface area (Å²) in [7, 11) is 0. The van der Waals surface area contributed by atoms with Gasteiger partial charge in [0.2, 0.25) is 6.10 Å². The fourth-order valence-electron chi connectivity index (χ4n) is 19.4. The van der Waals surface area contributed by atoms with Crippen LogP contribution in [-0.2, 0) is 95.3 Å². The van der Waals surface area contributed by atoms with E-state index in [0.717, 1.165) is 68.1 Å². The minimum Gasteiger partial charge on any atom is -0.463 e. The van der Waals surface area contributed by atoms with Crippen molar-refractivity contribution in [2.45, 2.75) is 239 Å². The minimum atomic E-state index is -0.728. The molecule has 0 aromatic heterocycles. The number of ether oxygens (including phenoxy) is 10. The van der Waals surface area contributed by atoms with Gasteiger partial charge in [0.25, 0.3) is 0 Å². The van der Waals surface area contributed by atoms with Crippen molar-refractivity contribution in [3.05, 3.63) is 60.8 Å². The van der Waals surface area contributed by atoms with Gasteiger partial charge >= 0.3 is 59.7 Å². The molecule has 0 N–H and O–H groups in total. The molecular weight excluding hydrogens is 1220 g/mol. The Labute approximate surface area is 560 Å². The van der Waals surface area contributed by atoms with Crippen molar-refractivity contribution >= 4 is 59.7 Å². The van der Waals surface area contributed by atoms with E-state index in [-0.39, 0.29) is 126 Å². The predicted molar refractivity (Wildman–Crippen MR) is 345 cm³/mol. The number of cyclic esters (lactones) is 1. The molecule has 524 valence electrons. The van der Waals surface area contributed by atoms with E-state index in [9.17, 15) is 47.9 Å². The van der Waals surface area contributed by atoms with Gasteiger partial charge in [-0.1, -0.05) is 53.7 Å². The van der Waals surface area contributed by atoms with Crippen molar-refractivity contribution in [2.75, 3.05) is 19.8 Å². The first-order chi connectivity index (χ1) is 44.8. The Morgan fingerprint density at radius 3 is 1.60 bits per heavy atom. The molecule has 20 nitrogen and oxygen atoms in total. The molecule has 0 spiro atoms. The Hall–Kier alpha value is -6.60. The normalized spacial score (nSPS) is 36.3. The van der Waals surface area contributed by atoms with Crippen molar-refractivity contribution in [3.63, 3.8) is 0 Å². The molecule has 12 saturated carbocycles. The Balaban J connectivity index is 0.000000143. The van der Waals surface area contributed by atoms with Crippen LogP contribution in [0.25, 0.3) is 0 Å². The van der Waals surface area contributed by atoms with Crippen LogP contribution < -0.4 is 0 Å². The molecule has 16 rings (SSSR count).